The molecular weight excluding hydrogens is 346 g/mol. The Bertz CT molecular complexity index is 673. The zero-order valence-corrected chi connectivity index (χ0v) is 16.6. The molecule has 142 valence electrons. The van der Waals surface area contributed by atoms with Gasteiger partial charge in [0.1, 0.15) is 5.75 Å². The van der Waals surface area contributed by atoms with Crippen LogP contribution in [0.15, 0.2) is 46.8 Å². The first-order chi connectivity index (χ1) is 12.6. The minimum absolute atomic E-state index is 0.387. The number of aliphatic imine (C=N–C) groups is 1. The number of methoxy groups -OCH3 is 1. The molecule has 0 aliphatic carbocycles. The molecule has 0 saturated heterocycles. The van der Waals surface area contributed by atoms with E-state index in [1.165, 1.54) is 4.88 Å². The highest BCUT2D eigenvalue weighted by atomic mass is 32.1. The summed E-state index contributed by atoms with van der Waals surface area (Å²) in [5.74, 6) is 1.93. The first-order valence-corrected chi connectivity index (χ1v) is 9.87. The van der Waals surface area contributed by atoms with Gasteiger partial charge >= 0.3 is 0 Å². The van der Waals surface area contributed by atoms with Gasteiger partial charge in [0, 0.05) is 24.5 Å². The molecule has 1 aromatic carbocycles. The number of hydrogen-bond donors (Lipinski definition) is 3. The lowest BCUT2D eigenvalue weighted by Gasteiger charge is -2.17. The molecule has 5 nitrogen and oxygen atoms in total. The summed E-state index contributed by atoms with van der Waals surface area (Å²) in [5, 5.41) is 19.0. The van der Waals surface area contributed by atoms with Crippen LogP contribution in [0.4, 0.5) is 0 Å². The van der Waals surface area contributed by atoms with Crippen molar-refractivity contribution in [2.24, 2.45) is 10.9 Å². The Morgan fingerprint density at radius 3 is 2.81 bits per heavy atom. The molecule has 1 heterocycles. The van der Waals surface area contributed by atoms with E-state index >= 15 is 0 Å². The number of rotatable bonds is 9. The third kappa shape index (κ3) is 6.69. The Hall–Kier alpha value is -2.05. The molecule has 3 N–H and O–H groups in total. The predicted octanol–water partition coefficient (Wildman–Crippen LogP) is 3.22. The van der Waals surface area contributed by atoms with Gasteiger partial charge in [-0.2, -0.15) is 0 Å². The number of nitrogens with zero attached hydrogens (tertiary/aromatic N) is 1. The summed E-state index contributed by atoms with van der Waals surface area (Å²) in [6.45, 7) is 6.14. The summed E-state index contributed by atoms with van der Waals surface area (Å²) in [7, 11) is 1.62. The number of guanidine groups is 1. The van der Waals surface area contributed by atoms with Crippen molar-refractivity contribution in [3.8, 4) is 5.75 Å². The van der Waals surface area contributed by atoms with Gasteiger partial charge in [0.05, 0.1) is 13.2 Å². The van der Waals surface area contributed by atoms with E-state index in [0.717, 1.165) is 36.8 Å². The lowest BCUT2D eigenvalue weighted by Crippen LogP contribution is -2.39. The van der Waals surface area contributed by atoms with Crippen molar-refractivity contribution < 1.29 is 9.84 Å². The first-order valence-electron chi connectivity index (χ1n) is 8.99. The van der Waals surface area contributed by atoms with Gasteiger partial charge in [-0.25, -0.2) is 0 Å². The van der Waals surface area contributed by atoms with Crippen molar-refractivity contribution in [1.82, 2.24) is 10.6 Å². The van der Waals surface area contributed by atoms with Gasteiger partial charge < -0.3 is 20.5 Å². The van der Waals surface area contributed by atoms with Crippen molar-refractivity contribution in [2.45, 2.75) is 26.4 Å². The largest absolute Gasteiger partial charge is 0.497 e. The zero-order valence-electron chi connectivity index (χ0n) is 15.7. The molecule has 6 heteroatoms. The minimum atomic E-state index is -0.627. The van der Waals surface area contributed by atoms with Gasteiger partial charge in [-0.15, -0.1) is 11.3 Å². The summed E-state index contributed by atoms with van der Waals surface area (Å²) in [6, 6.07) is 11.7. The highest BCUT2D eigenvalue weighted by Crippen LogP contribution is 2.18. The van der Waals surface area contributed by atoms with Crippen molar-refractivity contribution in [2.75, 3.05) is 26.7 Å². The van der Waals surface area contributed by atoms with Crippen LogP contribution in [-0.4, -0.2) is 37.8 Å². The van der Waals surface area contributed by atoms with Gasteiger partial charge in [-0.05, 0) is 48.4 Å². The van der Waals surface area contributed by atoms with E-state index in [-0.39, 0.29) is 0 Å². The fourth-order valence-corrected chi connectivity index (χ4v) is 3.46. The quantitative estimate of drug-likeness (QED) is 0.465. The molecule has 2 unspecified atom stereocenters. The van der Waals surface area contributed by atoms with E-state index in [1.54, 1.807) is 18.4 Å². The van der Waals surface area contributed by atoms with Crippen molar-refractivity contribution in [1.29, 1.82) is 0 Å². The smallest absolute Gasteiger partial charge is 0.191 e. The fraction of sp³-hybridized carbons (Fsp3) is 0.450. The van der Waals surface area contributed by atoms with E-state index in [9.17, 15) is 5.11 Å². The molecule has 1 aromatic heterocycles. The summed E-state index contributed by atoms with van der Waals surface area (Å²) in [4.78, 5) is 6.04. The lowest BCUT2D eigenvalue weighted by molar-refractivity contribution is 0.180. The van der Waals surface area contributed by atoms with Crippen LogP contribution >= 0.6 is 11.3 Å². The van der Waals surface area contributed by atoms with Crippen molar-refractivity contribution >= 4 is 17.3 Å². The molecule has 0 radical (unpaired) electrons. The maximum atomic E-state index is 10.4. The monoisotopic (exact) mass is 375 g/mol. The van der Waals surface area contributed by atoms with Gasteiger partial charge in [0.15, 0.2) is 5.96 Å². The number of nitrogens with one attached hydrogen (secondary N) is 2. The van der Waals surface area contributed by atoms with Gasteiger partial charge in [0.25, 0.3) is 0 Å². The van der Waals surface area contributed by atoms with E-state index in [2.05, 4.69) is 40.1 Å². The first kappa shape index (κ1) is 20.3. The lowest BCUT2D eigenvalue weighted by atomic mass is 10.1. The molecule has 0 amide bonds. The molecule has 2 atom stereocenters. The average Bonchev–Trinajstić information content (AvgIpc) is 3.16. The van der Waals surface area contributed by atoms with Crippen LogP contribution in [0.5, 0.6) is 5.75 Å². The van der Waals surface area contributed by atoms with E-state index in [4.69, 9.17) is 4.74 Å². The zero-order chi connectivity index (χ0) is 18.8. The van der Waals surface area contributed by atoms with Crippen LogP contribution < -0.4 is 15.4 Å². The van der Waals surface area contributed by atoms with E-state index < -0.39 is 6.10 Å². The SMILES string of the molecule is CCNC(=NCC(C)Cc1cccs1)NCC(O)c1cccc(OC)c1. The summed E-state index contributed by atoms with van der Waals surface area (Å²) >= 11 is 1.79. The Morgan fingerprint density at radius 1 is 1.27 bits per heavy atom. The molecular formula is C20H29N3O2S. The third-order valence-electron chi connectivity index (χ3n) is 3.98. The number of benzene rings is 1. The Balaban J connectivity index is 1.87. The van der Waals surface area contributed by atoms with Gasteiger partial charge in [-0.1, -0.05) is 25.1 Å². The molecule has 2 aromatic rings. The highest BCUT2D eigenvalue weighted by Gasteiger charge is 2.10. The average molecular weight is 376 g/mol. The second-order valence-corrected chi connectivity index (χ2v) is 7.31. The Morgan fingerprint density at radius 2 is 2.12 bits per heavy atom. The molecule has 0 spiro atoms. The van der Waals surface area contributed by atoms with Crippen molar-refractivity contribution in [3.05, 3.63) is 52.2 Å². The van der Waals surface area contributed by atoms with E-state index in [1.807, 2.05) is 31.2 Å². The number of thiophene rings is 1. The number of aliphatic hydroxyl groups is 1. The second kappa shape index (κ2) is 10.8. The van der Waals surface area contributed by atoms with Crippen LogP contribution in [0.2, 0.25) is 0 Å². The second-order valence-electron chi connectivity index (χ2n) is 6.28. The molecule has 0 aliphatic heterocycles. The Kier molecular flexibility index (Phi) is 8.44. The predicted molar refractivity (Wildman–Crippen MR) is 109 cm³/mol. The Labute approximate surface area is 160 Å². The summed E-state index contributed by atoms with van der Waals surface area (Å²) < 4.78 is 5.21. The topological polar surface area (TPSA) is 65.9 Å². The summed E-state index contributed by atoms with van der Waals surface area (Å²) in [5.41, 5.74) is 0.818. The fourth-order valence-electron chi connectivity index (χ4n) is 2.59. The summed E-state index contributed by atoms with van der Waals surface area (Å²) in [6.07, 6.45) is 0.407. The molecule has 26 heavy (non-hydrogen) atoms. The van der Waals surface area contributed by atoms with Crippen molar-refractivity contribution in [3.63, 3.8) is 0 Å². The normalized spacial score (nSPS) is 13.9. The third-order valence-corrected chi connectivity index (χ3v) is 4.88. The molecule has 0 bridgehead atoms. The van der Waals surface area contributed by atoms with Gasteiger partial charge in [0.2, 0.25) is 0 Å². The molecule has 0 fully saturated rings. The van der Waals surface area contributed by atoms with Crippen LogP contribution in [0.1, 0.15) is 30.4 Å². The molecule has 0 saturated carbocycles. The highest BCUT2D eigenvalue weighted by molar-refractivity contribution is 7.09. The minimum Gasteiger partial charge on any atom is -0.497 e. The molecule has 0 aliphatic rings. The number of aliphatic hydroxyl groups excluding tert-OH is 1. The number of hydrogen-bond acceptors (Lipinski definition) is 4. The number of ether oxygens (including phenoxy) is 1. The van der Waals surface area contributed by atoms with Crippen LogP contribution in [0, 0.1) is 5.92 Å². The van der Waals surface area contributed by atoms with E-state index in [0.29, 0.717) is 12.5 Å². The van der Waals surface area contributed by atoms with Crippen LogP contribution in [-0.2, 0) is 6.42 Å². The van der Waals surface area contributed by atoms with Crippen LogP contribution in [0.3, 0.4) is 0 Å². The maximum Gasteiger partial charge on any atom is 0.191 e. The van der Waals surface area contributed by atoms with Crippen LogP contribution in [0.25, 0.3) is 0 Å². The standard InChI is InChI=1S/C20H29N3O2S/c1-4-21-20(22-13-15(2)11-18-9-6-10-26-18)23-14-19(24)16-7-5-8-17(12-16)25-3/h5-10,12,15,19,24H,4,11,13-14H2,1-3H3,(H2,21,22,23). The van der Waals surface area contributed by atoms with Gasteiger partial charge in [-0.3, -0.25) is 4.99 Å². The maximum absolute atomic E-state index is 10.4. The molecule has 2 rings (SSSR count).